The number of nitrogens with zero attached hydrogens (tertiary/aromatic N) is 3. The van der Waals surface area contributed by atoms with Crippen LogP contribution in [0.15, 0.2) is 18.3 Å². The highest BCUT2D eigenvalue weighted by atomic mass is 16.1. The second-order valence-corrected chi connectivity index (χ2v) is 6.74. The summed E-state index contributed by atoms with van der Waals surface area (Å²) in [5.41, 5.74) is 0.701. The van der Waals surface area contributed by atoms with E-state index in [2.05, 4.69) is 39.4 Å². The van der Waals surface area contributed by atoms with Gasteiger partial charge in [0.05, 0.1) is 0 Å². The van der Waals surface area contributed by atoms with Gasteiger partial charge in [-0.1, -0.05) is 6.92 Å². The van der Waals surface area contributed by atoms with E-state index in [0.717, 1.165) is 51.5 Å². The molecule has 126 valence electrons. The molecule has 0 aliphatic carbocycles. The molecule has 0 saturated carbocycles. The number of rotatable bonds is 3. The average Bonchev–Trinajstić information content (AvgIpc) is 2.58. The minimum absolute atomic E-state index is 0.00308. The molecule has 6 nitrogen and oxygen atoms in total. The lowest BCUT2D eigenvalue weighted by molar-refractivity contribution is 0.0915. The van der Waals surface area contributed by atoms with Gasteiger partial charge >= 0.3 is 0 Å². The smallest absolute Gasteiger partial charge is 0.251 e. The van der Waals surface area contributed by atoms with Gasteiger partial charge in [0, 0.05) is 50.5 Å². The molecule has 1 aromatic heterocycles. The second-order valence-electron chi connectivity index (χ2n) is 6.74. The lowest BCUT2D eigenvalue weighted by Crippen LogP contribution is -2.50. The molecule has 0 radical (unpaired) electrons. The highest BCUT2D eigenvalue weighted by molar-refractivity contribution is 5.95. The van der Waals surface area contributed by atoms with Crippen molar-refractivity contribution < 1.29 is 4.79 Å². The molecule has 2 N–H and O–H groups in total. The van der Waals surface area contributed by atoms with E-state index in [1.165, 1.54) is 0 Å². The zero-order chi connectivity index (χ0) is 16.2. The van der Waals surface area contributed by atoms with E-state index in [1.54, 1.807) is 12.3 Å². The quantitative estimate of drug-likeness (QED) is 0.853. The average molecular weight is 317 g/mol. The summed E-state index contributed by atoms with van der Waals surface area (Å²) >= 11 is 0. The molecule has 2 unspecified atom stereocenters. The third kappa shape index (κ3) is 4.00. The number of amides is 1. The first-order chi connectivity index (χ1) is 11.1. The summed E-state index contributed by atoms with van der Waals surface area (Å²) in [5.74, 6) is 1.42. The lowest BCUT2D eigenvalue weighted by atomic mass is 9.94. The van der Waals surface area contributed by atoms with E-state index in [0.29, 0.717) is 11.5 Å². The van der Waals surface area contributed by atoms with Crippen LogP contribution >= 0.6 is 0 Å². The molecule has 2 saturated heterocycles. The first kappa shape index (κ1) is 16.2. The Morgan fingerprint density at radius 1 is 1.35 bits per heavy atom. The molecular formula is C17H27N5O. The van der Waals surface area contributed by atoms with Gasteiger partial charge in [-0.05, 0) is 38.1 Å². The summed E-state index contributed by atoms with van der Waals surface area (Å²) in [5, 5.41) is 6.52. The van der Waals surface area contributed by atoms with Crippen LogP contribution < -0.4 is 15.5 Å². The minimum Gasteiger partial charge on any atom is -0.354 e. The van der Waals surface area contributed by atoms with Crippen LogP contribution in [0.4, 0.5) is 5.82 Å². The van der Waals surface area contributed by atoms with E-state index in [1.807, 2.05) is 6.07 Å². The maximum atomic E-state index is 12.6. The summed E-state index contributed by atoms with van der Waals surface area (Å²) in [6.45, 7) is 8.07. The van der Waals surface area contributed by atoms with Gasteiger partial charge in [-0.3, -0.25) is 4.79 Å². The van der Waals surface area contributed by atoms with E-state index < -0.39 is 0 Å². The number of hydrogen-bond donors (Lipinski definition) is 2. The van der Waals surface area contributed by atoms with Crippen LogP contribution in [0.3, 0.4) is 0 Å². The zero-order valence-electron chi connectivity index (χ0n) is 14.1. The monoisotopic (exact) mass is 317 g/mol. The normalized spacial score (nSPS) is 26.1. The lowest BCUT2D eigenvalue weighted by Gasteiger charge is -2.33. The van der Waals surface area contributed by atoms with Gasteiger partial charge in [0.2, 0.25) is 0 Å². The summed E-state index contributed by atoms with van der Waals surface area (Å²) in [6.07, 6.45) is 2.85. The molecule has 6 heteroatoms. The number of likely N-dealkylation sites (N-methyl/N-ethyl adjacent to an activating group) is 1. The molecule has 3 heterocycles. The summed E-state index contributed by atoms with van der Waals surface area (Å²) in [4.78, 5) is 21.6. The first-order valence-electron chi connectivity index (χ1n) is 8.54. The van der Waals surface area contributed by atoms with Crippen LogP contribution in [0.1, 0.15) is 23.7 Å². The number of aromatic nitrogens is 1. The first-order valence-corrected chi connectivity index (χ1v) is 8.54. The number of carbonyl (C=O) groups excluding carboxylic acids is 1. The SMILES string of the molecule is CC1CCNCC1NC(=O)c1ccnc(N2CCN(C)CC2)c1. The highest BCUT2D eigenvalue weighted by Crippen LogP contribution is 2.16. The number of piperidine rings is 1. The Labute approximate surface area is 138 Å². The van der Waals surface area contributed by atoms with Gasteiger partial charge in [-0.2, -0.15) is 0 Å². The predicted molar refractivity (Wildman–Crippen MR) is 91.9 cm³/mol. The summed E-state index contributed by atoms with van der Waals surface area (Å²) < 4.78 is 0. The van der Waals surface area contributed by atoms with Gasteiger partial charge in [0.25, 0.3) is 5.91 Å². The number of piperazine rings is 1. The summed E-state index contributed by atoms with van der Waals surface area (Å²) in [6, 6.07) is 3.92. The van der Waals surface area contributed by atoms with Crippen LogP contribution in [-0.2, 0) is 0 Å². The van der Waals surface area contributed by atoms with Crippen molar-refractivity contribution in [2.24, 2.45) is 5.92 Å². The number of pyridine rings is 1. The van der Waals surface area contributed by atoms with Crippen molar-refractivity contribution in [2.75, 3.05) is 51.2 Å². The van der Waals surface area contributed by atoms with Crippen molar-refractivity contribution in [3.05, 3.63) is 23.9 Å². The number of hydrogen-bond acceptors (Lipinski definition) is 5. The molecule has 23 heavy (non-hydrogen) atoms. The third-order valence-electron chi connectivity index (χ3n) is 4.98. The Balaban J connectivity index is 1.65. The highest BCUT2D eigenvalue weighted by Gasteiger charge is 2.23. The number of anilines is 1. The molecule has 0 aromatic carbocycles. The van der Waals surface area contributed by atoms with Crippen LogP contribution in [0.2, 0.25) is 0 Å². The Kier molecular flexibility index (Phi) is 5.13. The molecule has 2 aliphatic heterocycles. The summed E-state index contributed by atoms with van der Waals surface area (Å²) in [7, 11) is 2.13. The molecule has 0 spiro atoms. The van der Waals surface area contributed by atoms with Gasteiger partial charge in [0.15, 0.2) is 0 Å². The molecular weight excluding hydrogens is 290 g/mol. The fourth-order valence-corrected chi connectivity index (χ4v) is 3.20. The van der Waals surface area contributed by atoms with Gasteiger partial charge in [-0.15, -0.1) is 0 Å². The fraction of sp³-hybridized carbons (Fsp3) is 0.647. The Bertz CT molecular complexity index is 542. The van der Waals surface area contributed by atoms with Crippen molar-refractivity contribution in [2.45, 2.75) is 19.4 Å². The zero-order valence-corrected chi connectivity index (χ0v) is 14.1. The van der Waals surface area contributed by atoms with Crippen LogP contribution in [0.25, 0.3) is 0 Å². The maximum Gasteiger partial charge on any atom is 0.251 e. The Morgan fingerprint density at radius 3 is 2.87 bits per heavy atom. The van der Waals surface area contributed by atoms with Crippen LogP contribution in [0, 0.1) is 5.92 Å². The van der Waals surface area contributed by atoms with Crippen molar-refractivity contribution in [1.82, 2.24) is 20.5 Å². The molecule has 2 atom stereocenters. The predicted octanol–water partition coefficient (Wildman–Crippen LogP) is 0.561. The molecule has 1 aromatic rings. The van der Waals surface area contributed by atoms with Crippen molar-refractivity contribution >= 4 is 11.7 Å². The van der Waals surface area contributed by atoms with Crippen molar-refractivity contribution in [3.63, 3.8) is 0 Å². The standard InChI is InChI=1S/C17H27N5O/c1-13-3-5-18-12-15(13)20-17(23)14-4-6-19-16(11-14)22-9-7-21(2)8-10-22/h4,6,11,13,15,18H,3,5,7-10,12H2,1-2H3,(H,20,23). The molecule has 3 rings (SSSR count). The maximum absolute atomic E-state index is 12.6. The van der Waals surface area contributed by atoms with Crippen molar-refractivity contribution in [1.29, 1.82) is 0 Å². The third-order valence-corrected chi connectivity index (χ3v) is 4.98. The molecule has 0 bridgehead atoms. The van der Waals surface area contributed by atoms with E-state index in [4.69, 9.17) is 0 Å². The Hall–Kier alpha value is -1.66. The van der Waals surface area contributed by atoms with Crippen LogP contribution in [-0.4, -0.2) is 68.1 Å². The molecule has 2 fully saturated rings. The number of nitrogens with one attached hydrogen (secondary N) is 2. The van der Waals surface area contributed by atoms with Crippen LogP contribution in [0.5, 0.6) is 0 Å². The minimum atomic E-state index is 0.00308. The van der Waals surface area contributed by atoms with Gasteiger partial charge in [0.1, 0.15) is 5.82 Å². The molecule has 1 amide bonds. The van der Waals surface area contributed by atoms with Crippen molar-refractivity contribution in [3.8, 4) is 0 Å². The number of carbonyl (C=O) groups is 1. The molecule has 2 aliphatic rings. The largest absolute Gasteiger partial charge is 0.354 e. The fourth-order valence-electron chi connectivity index (χ4n) is 3.20. The topological polar surface area (TPSA) is 60.5 Å². The Morgan fingerprint density at radius 2 is 2.13 bits per heavy atom. The van der Waals surface area contributed by atoms with E-state index in [-0.39, 0.29) is 11.9 Å². The van der Waals surface area contributed by atoms with E-state index in [9.17, 15) is 4.79 Å². The second kappa shape index (κ2) is 7.27. The van der Waals surface area contributed by atoms with Gasteiger partial charge in [-0.25, -0.2) is 4.98 Å². The van der Waals surface area contributed by atoms with Gasteiger partial charge < -0.3 is 20.4 Å². The van der Waals surface area contributed by atoms with E-state index >= 15 is 0 Å².